The van der Waals surface area contributed by atoms with Crippen LogP contribution in [0.2, 0.25) is 0 Å². The van der Waals surface area contributed by atoms with Crippen molar-refractivity contribution in [2.75, 3.05) is 14.2 Å². The number of nitriles is 2. The first kappa shape index (κ1) is 15.3. The zero-order chi connectivity index (χ0) is 15.1. The number of hydrogen-bond donors (Lipinski definition) is 0. The lowest BCUT2D eigenvalue weighted by Gasteiger charge is -2.11. The summed E-state index contributed by atoms with van der Waals surface area (Å²) in [5.41, 5.74) is 2.66. The molecule has 0 atom stereocenters. The van der Waals surface area contributed by atoms with Gasteiger partial charge in [0.25, 0.3) is 0 Å². The number of benzene rings is 1. The summed E-state index contributed by atoms with van der Waals surface area (Å²) in [5, 5.41) is 17.7. The van der Waals surface area contributed by atoms with Gasteiger partial charge in [-0.15, -0.1) is 0 Å². The Kier molecular flexibility index (Phi) is 5.38. The average Bonchev–Trinajstić information content (AvgIpc) is 2.47. The smallest absolute Gasteiger partial charge is 0.126 e. The molecule has 0 aliphatic carbocycles. The Morgan fingerprint density at radius 3 is 1.50 bits per heavy atom. The number of ether oxygens (including phenoxy) is 2. The molecule has 0 bridgehead atoms. The van der Waals surface area contributed by atoms with Crippen LogP contribution in [0.5, 0.6) is 11.5 Å². The summed E-state index contributed by atoms with van der Waals surface area (Å²) in [4.78, 5) is 0. The van der Waals surface area contributed by atoms with Crippen LogP contribution in [-0.4, -0.2) is 14.2 Å². The molecule has 0 amide bonds. The first-order valence-corrected chi connectivity index (χ1v) is 5.98. The molecule has 0 saturated carbocycles. The van der Waals surface area contributed by atoms with Gasteiger partial charge in [-0.3, -0.25) is 0 Å². The predicted octanol–water partition coefficient (Wildman–Crippen LogP) is 3.56. The standard InChI is InChI=1S/C16H16N2O2/c1-11(9-17)5-13-7-16(20-4)14(6-12(2)10-18)8-15(13)19-3/h5-8H,1-4H3/b11-5-,12-6-. The lowest BCUT2D eigenvalue weighted by atomic mass is 10.0. The van der Waals surface area contributed by atoms with Gasteiger partial charge in [-0.1, -0.05) is 0 Å². The number of hydrogen-bond acceptors (Lipinski definition) is 4. The molecule has 0 aliphatic rings. The Hall–Kier alpha value is -2.72. The molecular formula is C16H16N2O2. The third-order valence-electron chi connectivity index (χ3n) is 2.68. The fourth-order valence-corrected chi connectivity index (χ4v) is 1.70. The molecule has 0 N–H and O–H groups in total. The number of nitrogens with zero attached hydrogens (tertiary/aromatic N) is 2. The van der Waals surface area contributed by atoms with Crippen molar-refractivity contribution in [3.8, 4) is 23.6 Å². The minimum Gasteiger partial charge on any atom is -0.496 e. The molecule has 0 aliphatic heterocycles. The zero-order valence-electron chi connectivity index (χ0n) is 12.0. The summed E-state index contributed by atoms with van der Waals surface area (Å²) in [5.74, 6) is 1.25. The number of methoxy groups -OCH3 is 2. The largest absolute Gasteiger partial charge is 0.496 e. The zero-order valence-corrected chi connectivity index (χ0v) is 12.0. The first-order valence-electron chi connectivity index (χ1n) is 5.98. The van der Waals surface area contributed by atoms with Gasteiger partial charge in [-0.2, -0.15) is 10.5 Å². The minimum atomic E-state index is 0.571. The molecule has 20 heavy (non-hydrogen) atoms. The molecule has 0 spiro atoms. The van der Waals surface area contributed by atoms with Crippen molar-refractivity contribution in [1.82, 2.24) is 0 Å². The average molecular weight is 268 g/mol. The van der Waals surface area contributed by atoms with Gasteiger partial charge in [0.1, 0.15) is 11.5 Å². The van der Waals surface area contributed by atoms with Crippen molar-refractivity contribution in [2.45, 2.75) is 13.8 Å². The van der Waals surface area contributed by atoms with Gasteiger partial charge < -0.3 is 9.47 Å². The summed E-state index contributed by atoms with van der Waals surface area (Å²) in [6.07, 6.45) is 3.46. The molecule has 1 rings (SSSR count). The summed E-state index contributed by atoms with van der Waals surface area (Å²) < 4.78 is 10.6. The van der Waals surface area contributed by atoms with Crippen molar-refractivity contribution in [3.63, 3.8) is 0 Å². The van der Waals surface area contributed by atoms with Gasteiger partial charge in [0.2, 0.25) is 0 Å². The van der Waals surface area contributed by atoms with E-state index in [2.05, 4.69) is 12.1 Å². The Morgan fingerprint density at radius 2 is 1.25 bits per heavy atom. The number of allylic oxidation sites excluding steroid dienone is 2. The van der Waals surface area contributed by atoms with Crippen molar-refractivity contribution < 1.29 is 9.47 Å². The van der Waals surface area contributed by atoms with E-state index in [0.29, 0.717) is 22.6 Å². The van der Waals surface area contributed by atoms with Crippen LogP contribution in [0, 0.1) is 22.7 Å². The second-order valence-electron chi connectivity index (χ2n) is 4.21. The van der Waals surface area contributed by atoms with Gasteiger partial charge in [0.15, 0.2) is 0 Å². The van der Waals surface area contributed by atoms with E-state index in [0.717, 1.165) is 11.1 Å². The van der Waals surface area contributed by atoms with Gasteiger partial charge >= 0.3 is 0 Å². The maximum Gasteiger partial charge on any atom is 0.126 e. The summed E-state index contributed by atoms with van der Waals surface area (Å²) >= 11 is 0. The van der Waals surface area contributed by atoms with Crippen LogP contribution in [0.15, 0.2) is 23.3 Å². The SMILES string of the molecule is COc1cc(/C=C(/C)C#N)c(OC)cc1/C=C(/C)C#N. The summed E-state index contributed by atoms with van der Waals surface area (Å²) in [6.45, 7) is 3.44. The topological polar surface area (TPSA) is 66.0 Å². The molecular weight excluding hydrogens is 252 g/mol. The van der Waals surface area contributed by atoms with Crippen molar-refractivity contribution in [3.05, 3.63) is 34.4 Å². The monoisotopic (exact) mass is 268 g/mol. The van der Waals surface area contributed by atoms with Gasteiger partial charge in [-0.25, -0.2) is 0 Å². The van der Waals surface area contributed by atoms with Gasteiger partial charge in [-0.05, 0) is 38.1 Å². The molecule has 4 nitrogen and oxygen atoms in total. The highest BCUT2D eigenvalue weighted by Gasteiger charge is 2.09. The lowest BCUT2D eigenvalue weighted by Crippen LogP contribution is -1.94. The molecule has 0 unspecified atom stereocenters. The van der Waals surface area contributed by atoms with E-state index in [-0.39, 0.29) is 0 Å². The highest BCUT2D eigenvalue weighted by atomic mass is 16.5. The van der Waals surface area contributed by atoms with E-state index >= 15 is 0 Å². The maximum atomic E-state index is 8.86. The lowest BCUT2D eigenvalue weighted by molar-refractivity contribution is 0.401. The van der Waals surface area contributed by atoms with Crippen molar-refractivity contribution >= 4 is 12.2 Å². The van der Waals surface area contributed by atoms with Crippen molar-refractivity contribution in [2.24, 2.45) is 0 Å². The normalized spacial score (nSPS) is 11.5. The van der Waals surface area contributed by atoms with Crippen LogP contribution in [-0.2, 0) is 0 Å². The summed E-state index contributed by atoms with van der Waals surface area (Å²) in [6, 6.07) is 7.71. The van der Waals surface area contributed by atoms with Crippen molar-refractivity contribution in [1.29, 1.82) is 10.5 Å². The quantitative estimate of drug-likeness (QED) is 0.783. The Morgan fingerprint density at radius 1 is 0.900 bits per heavy atom. The minimum absolute atomic E-state index is 0.571. The second kappa shape index (κ2) is 7.01. The van der Waals surface area contributed by atoms with E-state index in [1.165, 1.54) is 0 Å². The fraction of sp³-hybridized carbons (Fsp3) is 0.250. The molecule has 0 radical (unpaired) electrons. The number of rotatable bonds is 4. The molecule has 0 heterocycles. The van der Waals surface area contributed by atoms with Gasteiger partial charge in [0, 0.05) is 22.3 Å². The highest BCUT2D eigenvalue weighted by Crippen LogP contribution is 2.31. The van der Waals surface area contributed by atoms with Crippen LogP contribution in [0.4, 0.5) is 0 Å². The van der Waals surface area contributed by atoms with Crippen LogP contribution < -0.4 is 9.47 Å². The molecule has 1 aromatic carbocycles. The Labute approximate surface area is 119 Å². The molecule has 4 heteroatoms. The van der Waals surface area contributed by atoms with E-state index in [1.54, 1.807) is 52.4 Å². The predicted molar refractivity (Wildman–Crippen MR) is 78.1 cm³/mol. The third-order valence-corrected chi connectivity index (χ3v) is 2.68. The third kappa shape index (κ3) is 3.63. The van der Waals surface area contributed by atoms with E-state index in [9.17, 15) is 0 Å². The summed E-state index contributed by atoms with van der Waals surface area (Å²) in [7, 11) is 3.12. The molecule has 1 aromatic rings. The Bertz CT molecular complexity index is 586. The maximum absolute atomic E-state index is 8.86. The van der Waals surface area contributed by atoms with Crippen LogP contribution in [0.3, 0.4) is 0 Å². The van der Waals surface area contributed by atoms with E-state index in [1.807, 2.05) is 0 Å². The Balaban J connectivity index is 3.47. The van der Waals surface area contributed by atoms with E-state index < -0.39 is 0 Å². The van der Waals surface area contributed by atoms with Crippen LogP contribution in [0.1, 0.15) is 25.0 Å². The fourth-order valence-electron chi connectivity index (χ4n) is 1.70. The first-order chi connectivity index (χ1) is 9.55. The molecule has 0 aromatic heterocycles. The highest BCUT2D eigenvalue weighted by molar-refractivity contribution is 5.71. The second-order valence-corrected chi connectivity index (χ2v) is 4.21. The molecule has 0 saturated heterocycles. The van der Waals surface area contributed by atoms with Crippen LogP contribution >= 0.6 is 0 Å². The molecule has 102 valence electrons. The molecule has 0 fully saturated rings. The van der Waals surface area contributed by atoms with Gasteiger partial charge in [0.05, 0.1) is 26.4 Å². The van der Waals surface area contributed by atoms with E-state index in [4.69, 9.17) is 20.0 Å². The van der Waals surface area contributed by atoms with Crippen LogP contribution in [0.25, 0.3) is 12.2 Å².